The van der Waals surface area contributed by atoms with Crippen molar-refractivity contribution in [3.05, 3.63) is 65.7 Å². The normalized spacial score (nSPS) is 17.1. The van der Waals surface area contributed by atoms with Crippen molar-refractivity contribution in [2.24, 2.45) is 0 Å². The highest BCUT2D eigenvalue weighted by atomic mass is 16.6. The third-order valence-corrected chi connectivity index (χ3v) is 5.17. The number of amides is 1. The zero-order valence-corrected chi connectivity index (χ0v) is 17.7. The van der Waals surface area contributed by atoms with Gasteiger partial charge in [0.1, 0.15) is 12.4 Å². The van der Waals surface area contributed by atoms with E-state index in [-0.39, 0.29) is 17.6 Å². The Morgan fingerprint density at radius 3 is 2.52 bits per heavy atom. The molecule has 3 rings (SSSR count). The van der Waals surface area contributed by atoms with Crippen LogP contribution in [0.3, 0.4) is 0 Å². The van der Waals surface area contributed by atoms with Crippen LogP contribution >= 0.6 is 0 Å². The van der Waals surface area contributed by atoms with Crippen molar-refractivity contribution in [2.75, 3.05) is 26.2 Å². The molecule has 1 aliphatic heterocycles. The van der Waals surface area contributed by atoms with Gasteiger partial charge in [-0.2, -0.15) is 0 Å². The van der Waals surface area contributed by atoms with Gasteiger partial charge in [-0.05, 0) is 35.1 Å². The molecule has 5 nitrogen and oxygen atoms in total. The lowest BCUT2D eigenvalue weighted by atomic mass is 9.87. The predicted octanol–water partition coefficient (Wildman–Crippen LogP) is 4.36. The lowest BCUT2D eigenvalue weighted by molar-refractivity contribution is 0.0827. The smallest absolute Gasteiger partial charge is 0.410 e. The van der Waals surface area contributed by atoms with Crippen LogP contribution in [0.5, 0.6) is 5.75 Å². The molecule has 0 spiro atoms. The number of hydrogen-bond acceptors (Lipinski definition) is 4. The third-order valence-electron chi connectivity index (χ3n) is 5.17. The summed E-state index contributed by atoms with van der Waals surface area (Å²) in [5.74, 6) is 0.882. The van der Waals surface area contributed by atoms with E-state index in [0.717, 1.165) is 24.3 Å². The number of hydrogen-bond donors (Lipinski definition) is 1. The zero-order chi connectivity index (χ0) is 20.7. The van der Waals surface area contributed by atoms with E-state index in [0.29, 0.717) is 26.3 Å². The molecule has 1 aliphatic rings. The zero-order valence-electron chi connectivity index (χ0n) is 17.7. The van der Waals surface area contributed by atoms with Gasteiger partial charge in [-0.15, -0.1) is 0 Å². The first kappa shape index (κ1) is 21.2. The van der Waals surface area contributed by atoms with Crippen LogP contribution in [0.4, 0.5) is 4.79 Å². The molecule has 1 fully saturated rings. The summed E-state index contributed by atoms with van der Waals surface area (Å²) in [5.41, 5.74) is 2.44. The number of carbonyl (C=O) groups excluding carboxylic acids is 1. The summed E-state index contributed by atoms with van der Waals surface area (Å²) in [6.45, 7) is 9.60. The molecule has 0 aromatic heterocycles. The quantitative estimate of drug-likeness (QED) is 0.788. The Balaban J connectivity index is 1.40. The number of nitrogens with zero attached hydrogens (tertiary/aromatic N) is 1. The maximum atomic E-state index is 12.4. The second-order valence-corrected chi connectivity index (χ2v) is 8.55. The number of piperazine rings is 1. The molecule has 0 aliphatic carbocycles. The van der Waals surface area contributed by atoms with Gasteiger partial charge in [-0.3, -0.25) is 0 Å². The van der Waals surface area contributed by atoms with E-state index in [1.54, 1.807) is 4.90 Å². The molecule has 5 heteroatoms. The van der Waals surface area contributed by atoms with Crippen molar-refractivity contribution in [2.45, 2.75) is 45.3 Å². The first-order valence-electron chi connectivity index (χ1n) is 10.3. The summed E-state index contributed by atoms with van der Waals surface area (Å²) in [6.07, 6.45) is 0.586. The fraction of sp³-hybridized carbons (Fsp3) is 0.458. The van der Waals surface area contributed by atoms with E-state index < -0.39 is 0 Å². The van der Waals surface area contributed by atoms with Crippen LogP contribution in [-0.2, 0) is 16.8 Å². The van der Waals surface area contributed by atoms with Gasteiger partial charge in [-0.25, -0.2) is 4.79 Å². The number of carbonyl (C=O) groups is 1. The summed E-state index contributed by atoms with van der Waals surface area (Å²) < 4.78 is 11.4. The monoisotopic (exact) mass is 396 g/mol. The maximum absolute atomic E-state index is 12.4. The van der Waals surface area contributed by atoms with Crippen molar-refractivity contribution in [1.29, 1.82) is 0 Å². The summed E-state index contributed by atoms with van der Waals surface area (Å²) in [7, 11) is 0. The van der Waals surface area contributed by atoms with Crippen LogP contribution in [0.25, 0.3) is 0 Å². The number of ether oxygens (including phenoxy) is 2. The Morgan fingerprint density at radius 2 is 1.83 bits per heavy atom. The minimum absolute atomic E-state index is 0.142. The van der Waals surface area contributed by atoms with Crippen LogP contribution < -0.4 is 10.1 Å². The average molecular weight is 397 g/mol. The van der Waals surface area contributed by atoms with Gasteiger partial charge < -0.3 is 19.7 Å². The molecule has 1 heterocycles. The lowest BCUT2D eigenvalue weighted by Crippen LogP contribution is -2.53. The van der Waals surface area contributed by atoms with E-state index in [1.807, 2.05) is 42.5 Å². The molecular weight excluding hydrogens is 364 g/mol. The van der Waals surface area contributed by atoms with Gasteiger partial charge in [-0.1, -0.05) is 63.2 Å². The first-order chi connectivity index (χ1) is 13.9. The molecule has 0 saturated carbocycles. The Kier molecular flexibility index (Phi) is 7.15. The first-order valence-corrected chi connectivity index (χ1v) is 10.3. The highest BCUT2D eigenvalue weighted by molar-refractivity contribution is 5.67. The molecule has 1 saturated heterocycles. The van der Waals surface area contributed by atoms with Gasteiger partial charge in [0.25, 0.3) is 0 Å². The molecule has 2 aromatic rings. The van der Waals surface area contributed by atoms with Gasteiger partial charge in [0, 0.05) is 25.7 Å². The van der Waals surface area contributed by atoms with Gasteiger partial charge in [0.05, 0.1) is 6.61 Å². The number of rotatable bonds is 6. The van der Waals surface area contributed by atoms with Crippen molar-refractivity contribution in [1.82, 2.24) is 10.2 Å². The SMILES string of the molecule is CC(C)(C)c1ccc(OCC[C@@H]2CN(C(=O)OCc3ccccc3)CCN2)cc1. The van der Waals surface area contributed by atoms with Crippen molar-refractivity contribution < 1.29 is 14.3 Å². The maximum Gasteiger partial charge on any atom is 0.410 e. The van der Waals surface area contributed by atoms with Crippen molar-refractivity contribution >= 4 is 6.09 Å². The van der Waals surface area contributed by atoms with Gasteiger partial charge in [0.2, 0.25) is 0 Å². The minimum Gasteiger partial charge on any atom is -0.494 e. The Bertz CT molecular complexity index is 769. The summed E-state index contributed by atoms with van der Waals surface area (Å²) >= 11 is 0. The van der Waals surface area contributed by atoms with E-state index in [4.69, 9.17) is 9.47 Å². The summed E-state index contributed by atoms with van der Waals surface area (Å²) in [6, 6.07) is 18.3. The number of benzene rings is 2. The third kappa shape index (κ3) is 6.50. The highest BCUT2D eigenvalue weighted by Crippen LogP contribution is 2.24. The molecule has 0 unspecified atom stereocenters. The van der Waals surface area contributed by atoms with Crippen LogP contribution in [-0.4, -0.2) is 43.3 Å². The van der Waals surface area contributed by atoms with Crippen LogP contribution in [0.1, 0.15) is 38.3 Å². The van der Waals surface area contributed by atoms with E-state index in [1.165, 1.54) is 5.56 Å². The topological polar surface area (TPSA) is 50.8 Å². The predicted molar refractivity (Wildman–Crippen MR) is 115 cm³/mol. The summed E-state index contributed by atoms with van der Waals surface area (Å²) in [4.78, 5) is 14.1. The largest absolute Gasteiger partial charge is 0.494 e. The molecule has 1 amide bonds. The second kappa shape index (κ2) is 9.79. The van der Waals surface area contributed by atoms with Gasteiger partial charge in [0.15, 0.2) is 0 Å². The van der Waals surface area contributed by atoms with Gasteiger partial charge >= 0.3 is 6.09 Å². The standard InChI is InChI=1S/C24H32N2O3/c1-24(2,3)20-9-11-22(12-10-20)28-16-13-21-17-26(15-14-25-21)23(27)29-18-19-7-5-4-6-8-19/h4-12,21,25H,13-18H2,1-3H3/t21-/m1/s1. The molecule has 1 atom stereocenters. The average Bonchev–Trinajstić information content (AvgIpc) is 2.73. The molecule has 2 aromatic carbocycles. The van der Waals surface area contributed by atoms with Crippen LogP contribution in [0.2, 0.25) is 0 Å². The fourth-order valence-corrected chi connectivity index (χ4v) is 3.37. The summed E-state index contributed by atoms with van der Waals surface area (Å²) in [5, 5.41) is 3.46. The Hall–Kier alpha value is -2.53. The van der Waals surface area contributed by atoms with E-state index >= 15 is 0 Å². The molecular formula is C24H32N2O3. The van der Waals surface area contributed by atoms with E-state index in [2.05, 4.69) is 38.2 Å². The van der Waals surface area contributed by atoms with Crippen molar-refractivity contribution in [3.8, 4) is 5.75 Å². The fourth-order valence-electron chi connectivity index (χ4n) is 3.37. The molecule has 0 radical (unpaired) electrons. The molecule has 156 valence electrons. The van der Waals surface area contributed by atoms with E-state index in [9.17, 15) is 4.79 Å². The minimum atomic E-state index is -0.251. The second-order valence-electron chi connectivity index (χ2n) is 8.55. The lowest BCUT2D eigenvalue weighted by Gasteiger charge is -2.33. The Morgan fingerprint density at radius 1 is 1.10 bits per heavy atom. The molecule has 0 bridgehead atoms. The highest BCUT2D eigenvalue weighted by Gasteiger charge is 2.24. The van der Waals surface area contributed by atoms with Crippen LogP contribution in [0, 0.1) is 0 Å². The van der Waals surface area contributed by atoms with Crippen molar-refractivity contribution in [3.63, 3.8) is 0 Å². The number of nitrogens with one attached hydrogen (secondary N) is 1. The van der Waals surface area contributed by atoms with Crippen LogP contribution in [0.15, 0.2) is 54.6 Å². The molecule has 1 N–H and O–H groups in total. The molecule has 29 heavy (non-hydrogen) atoms. The Labute approximate surface area is 174 Å².